The fourth-order valence-electron chi connectivity index (χ4n) is 1.92. The molecular formula is C27H45N3O5. The van der Waals surface area contributed by atoms with Crippen molar-refractivity contribution in [3.63, 3.8) is 0 Å². The predicted octanol–water partition coefficient (Wildman–Crippen LogP) is 3.52. The maximum absolute atomic E-state index is 10.8. The van der Waals surface area contributed by atoms with Crippen LogP contribution in [0.4, 0.5) is 0 Å². The van der Waals surface area contributed by atoms with Gasteiger partial charge in [0.05, 0.1) is 6.04 Å². The number of ketones is 1. The highest BCUT2D eigenvalue weighted by atomic mass is 16.4. The third kappa shape index (κ3) is 27.1. The molecule has 1 aromatic carbocycles. The predicted molar refractivity (Wildman–Crippen MR) is 143 cm³/mol. The van der Waals surface area contributed by atoms with Crippen molar-refractivity contribution in [2.75, 3.05) is 0 Å². The molecule has 0 unspecified atom stereocenters. The minimum Gasteiger partial charge on any atom is -0.480 e. The zero-order chi connectivity index (χ0) is 27.6. The normalized spacial score (nSPS) is 12.0. The Morgan fingerprint density at radius 3 is 1.77 bits per heavy atom. The molecule has 35 heavy (non-hydrogen) atoms. The number of hydrogen-bond acceptors (Lipinski definition) is 6. The molecule has 0 spiro atoms. The first-order valence-corrected chi connectivity index (χ1v) is 11.8. The highest BCUT2D eigenvalue weighted by molar-refractivity contribution is 5.81. The number of carboxylic acid groups (broad SMARTS) is 2. The number of hydrogen-bond donors (Lipinski definition) is 5. The lowest BCUT2D eigenvalue weighted by atomic mass is 10.0. The van der Waals surface area contributed by atoms with Crippen LogP contribution in [0, 0.1) is 11.8 Å². The maximum Gasteiger partial charge on any atom is 0.321 e. The van der Waals surface area contributed by atoms with Crippen LogP contribution in [0.25, 0.3) is 0 Å². The molecule has 8 N–H and O–H groups in total. The number of carbonyl (C=O) groups is 3. The molecule has 0 amide bonds. The number of rotatable bonds is 9. The molecule has 1 aromatic rings. The molecular weight excluding hydrogens is 446 g/mol. The van der Waals surface area contributed by atoms with Crippen LogP contribution in [0.5, 0.6) is 0 Å². The average molecular weight is 492 g/mol. The first-order chi connectivity index (χ1) is 16.5. The SMILES string of the molecule is CC(=O)[C@@H](N)Cc1ccccc1.CCC.CCC#CC[C@H](N)C(=O)O.CCC=CC[C@H](N)C(=O)O. The standard InChI is InChI=1S/C10H13NO.C7H13NO2.C7H11NO2.C3H8/c1-8(12)10(11)7-9-5-3-2-4-6-9;2*1-2-3-4-5-6(8)7(9)10;1-3-2/h2-6,10H,7,11H2,1H3;3-4,6H,2,5,8H2,1H3,(H,9,10);6H,2,5,8H2,1H3,(H,9,10);3H2,1-2H3/t10-;2*6-;/m000./s1. The van der Waals surface area contributed by atoms with Crippen LogP contribution in [-0.2, 0) is 20.8 Å². The molecule has 3 atom stereocenters. The molecule has 0 aliphatic carbocycles. The van der Waals surface area contributed by atoms with Gasteiger partial charge in [0.1, 0.15) is 17.9 Å². The Bertz CT molecular complexity index is 770. The third-order valence-electron chi connectivity index (χ3n) is 3.87. The molecule has 1 rings (SSSR count). The van der Waals surface area contributed by atoms with Gasteiger partial charge in [-0.3, -0.25) is 14.4 Å². The minimum atomic E-state index is -0.995. The molecule has 0 bridgehead atoms. The Morgan fingerprint density at radius 1 is 0.857 bits per heavy atom. The van der Waals surface area contributed by atoms with Crippen LogP contribution in [0.1, 0.15) is 72.3 Å². The molecule has 0 aromatic heterocycles. The van der Waals surface area contributed by atoms with Gasteiger partial charge in [0.2, 0.25) is 0 Å². The second-order valence-electron chi connectivity index (χ2n) is 7.53. The van der Waals surface area contributed by atoms with E-state index in [4.69, 9.17) is 27.4 Å². The lowest BCUT2D eigenvalue weighted by Crippen LogP contribution is -2.30. The van der Waals surface area contributed by atoms with Gasteiger partial charge < -0.3 is 27.4 Å². The Kier molecular flexibility index (Phi) is 26.8. The van der Waals surface area contributed by atoms with Gasteiger partial charge in [0.15, 0.2) is 0 Å². The van der Waals surface area contributed by atoms with E-state index in [1.54, 1.807) is 6.08 Å². The van der Waals surface area contributed by atoms with Gasteiger partial charge in [-0.25, -0.2) is 0 Å². The summed E-state index contributed by atoms with van der Waals surface area (Å²) in [5.74, 6) is 3.50. The second-order valence-corrected chi connectivity index (χ2v) is 7.53. The first-order valence-electron chi connectivity index (χ1n) is 11.8. The fourth-order valence-corrected chi connectivity index (χ4v) is 1.92. The van der Waals surface area contributed by atoms with Crippen molar-refractivity contribution in [2.45, 2.75) is 91.3 Å². The number of Topliss-reactive ketones (excluding diaryl/α,β-unsaturated/α-hetero) is 1. The molecule has 8 heteroatoms. The first kappa shape index (κ1) is 36.6. The average Bonchev–Trinajstić information content (AvgIpc) is 2.81. The monoisotopic (exact) mass is 491 g/mol. The molecule has 0 saturated carbocycles. The molecule has 0 heterocycles. The quantitative estimate of drug-likeness (QED) is 0.258. The van der Waals surface area contributed by atoms with Gasteiger partial charge in [0.25, 0.3) is 0 Å². The highest BCUT2D eigenvalue weighted by Gasteiger charge is 2.08. The summed E-state index contributed by atoms with van der Waals surface area (Å²) >= 11 is 0. The van der Waals surface area contributed by atoms with Crippen molar-refractivity contribution < 1.29 is 24.6 Å². The second kappa shape index (κ2) is 25.6. The lowest BCUT2D eigenvalue weighted by Gasteiger charge is -2.06. The van der Waals surface area contributed by atoms with Crippen LogP contribution < -0.4 is 17.2 Å². The van der Waals surface area contributed by atoms with Crippen LogP contribution in [0.15, 0.2) is 42.5 Å². The number of nitrogens with two attached hydrogens (primary N) is 3. The maximum atomic E-state index is 10.8. The van der Waals surface area contributed by atoms with Crippen molar-refractivity contribution in [2.24, 2.45) is 17.2 Å². The Labute approximate surface area is 211 Å². The molecule has 0 aliphatic heterocycles. The lowest BCUT2D eigenvalue weighted by molar-refractivity contribution is -0.139. The topological polar surface area (TPSA) is 170 Å². The van der Waals surface area contributed by atoms with Crippen molar-refractivity contribution in [3.8, 4) is 11.8 Å². The molecule has 0 saturated heterocycles. The van der Waals surface area contributed by atoms with E-state index in [0.717, 1.165) is 18.4 Å². The zero-order valence-corrected chi connectivity index (χ0v) is 21.9. The summed E-state index contributed by atoms with van der Waals surface area (Å²) in [5.41, 5.74) is 17.1. The van der Waals surface area contributed by atoms with Gasteiger partial charge in [-0.1, -0.05) is 76.6 Å². The Morgan fingerprint density at radius 2 is 1.37 bits per heavy atom. The van der Waals surface area contributed by atoms with Gasteiger partial charge in [0, 0.05) is 12.8 Å². The van der Waals surface area contributed by atoms with Crippen molar-refractivity contribution in [1.29, 1.82) is 0 Å². The van der Waals surface area contributed by atoms with Crippen LogP contribution >= 0.6 is 0 Å². The van der Waals surface area contributed by atoms with Crippen LogP contribution in [-0.4, -0.2) is 46.1 Å². The number of aliphatic carboxylic acids is 2. The van der Waals surface area contributed by atoms with E-state index in [2.05, 4.69) is 25.7 Å². The van der Waals surface area contributed by atoms with Gasteiger partial charge in [-0.2, -0.15) is 0 Å². The van der Waals surface area contributed by atoms with E-state index < -0.39 is 24.0 Å². The Hall–Kier alpha value is -2.99. The minimum absolute atomic E-state index is 0.0406. The summed E-state index contributed by atoms with van der Waals surface area (Å²) in [4.78, 5) is 31.1. The van der Waals surface area contributed by atoms with Gasteiger partial charge in [-0.15, -0.1) is 11.8 Å². The van der Waals surface area contributed by atoms with E-state index in [1.165, 1.54) is 13.3 Å². The zero-order valence-electron chi connectivity index (χ0n) is 21.9. The summed E-state index contributed by atoms with van der Waals surface area (Å²) in [5, 5.41) is 16.6. The van der Waals surface area contributed by atoms with Crippen molar-refractivity contribution >= 4 is 17.7 Å². The third-order valence-corrected chi connectivity index (χ3v) is 3.87. The van der Waals surface area contributed by atoms with Crippen molar-refractivity contribution in [3.05, 3.63) is 48.0 Å². The van der Waals surface area contributed by atoms with Gasteiger partial charge >= 0.3 is 11.9 Å². The van der Waals surface area contributed by atoms with Crippen LogP contribution in [0.3, 0.4) is 0 Å². The van der Waals surface area contributed by atoms with E-state index in [-0.39, 0.29) is 18.2 Å². The molecule has 0 aliphatic rings. The highest BCUT2D eigenvalue weighted by Crippen LogP contribution is 2.01. The molecule has 0 fully saturated rings. The fraction of sp³-hybridized carbons (Fsp3) is 0.519. The summed E-state index contributed by atoms with van der Waals surface area (Å²) < 4.78 is 0. The smallest absolute Gasteiger partial charge is 0.321 e. The molecule has 0 radical (unpaired) electrons. The molecule has 8 nitrogen and oxygen atoms in total. The summed E-state index contributed by atoms with van der Waals surface area (Å²) in [6, 6.07) is 7.85. The van der Waals surface area contributed by atoms with E-state index >= 15 is 0 Å². The van der Waals surface area contributed by atoms with E-state index in [1.807, 2.05) is 50.3 Å². The van der Waals surface area contributed by atoms with Crippen LogP contribution in [0.2, 0.25) is 0 Å². The summed E-state index contributed by atoms with van der Waals surface area (Å²) in [6.07, 6.45) is 7.91. The number of carboxylic acids is 2. The summed E-state index contributed by atoms with van der Waals surface area (Å²) in [7, 11) is 0. The molecule has 198 valence electrons. The number of benzene rings is 1. The Balaban J connectivity index is -0.000000417. The van der Waals surface area contributed by atoms with Gasteiger partial charge in [-0.05, 0) is 31.7 Å². The number of allylic oxidation sites excluding steroid dienone is 1. The largest absolute Gasteiger partial charge is 0.480 e. The van der Waals surface area contributed by atoms with Crippen molar-refractivity contribution in [1.82, 2.24) is 0 Å². The summed E-state index contributed by atoms with van der Waals surface area (Å²) in [6.45, 7) is 9.66. The van der Waals surface area contributed by atoms with E-state index in [0.29, 0.717) is 12.8 Å². The number of carbonyl (C=O) groups excluding carboxylic acids is 1. The van der Waals surface area contributed by atoms with E-state index in [9.17, 15) is 14.4 Å².